The number of carbonyl (C=O) groups excluding carboxylic acids is 2. The first-order valence-corrected chi connectivity index (χ1v) is 9.20. The van der Waals surface area contributed by atoms with Gasteiger partial charge in [-0.15, -0.1) is 0 Å². The molecule has 0 aliphatic carbocycles. The molecule has 0 unspecified atom stereocenters. The molecule has 122 valence electrons. The topological polar surface area (TPSA) is 55.4 Å². The summed E-state index contributed by atoms with van der Waals surface area (Å²) in [7, 11) is 0. The van der Waals surface area contributed by atoms with Crippen LogP contribution in [0.1, 0.15) is 37.6 Å². The zero-order valence-electron chi connectivity index (χ0n) is 13.3. The number of Topliss-reactive ketones (excluding diaryl/α,β-unsaturated/α-hetero) is 1. The molecule has 6 heteroatoms. The van der Waals surface area contributed by atoms with E-state index in [0.717, 1.165) is 10.2 Å². The van der Waals surface area contributed by atoms with Crippen molar-refractivity contribution in [2.24, 2.45) is 0 Å². The highest BCUT2D eigenvalue weighted by atomic mass is 79.9. The van der Waals surface area contributed by atoms with Crippen molar-refractivity contribution < 1.29 is 14.3 Å². The average Bonchev–Trinajstić information content (AvgIpc) is 2.41. The van der Waals surface area contributed by atoms with E-state index in [2.05, 4.69) is 21.2 Å². The van der Waals surface area contributed by atoms with E-state index >= 15 is 0 Å². The summed E-state index contributed by atoms with van der Waals surface area (Å²) in [5.74, 6) is 0.676. The molecule has 0 fully saturated rings. The van der Waals surface area contributed by atoms with Crippen LogP contribution in [0.4, 0.5) is 4.79 Å². The van der Waals surface area contributed by atoms with Gasteiger partial charge in [0.1, 0.15) is 5.60 Å². The maximum absolute atomic E-state index is 12.6. The lowest BCUT2D eigenvalue weighted by atomic mass is 10.0. The first-order chi connectivity index (χ1) is 10.2. The Morgan fingerprint density at radius 2 is 1.86 bits per heavy atom. The molecule has 0 saturated carbocycles. The predicted molar refractivity (Wildman–Crippen MR) is 94.6 cm³/mol. The largest absolute Gasteiger partial charge is 0.444 e. The molecule has 1 aromatic rings. The van der Waals surface area contributed by atoms with Crippen LogP contribution in [0.3, 0.4) is 0 Å². The van der Waals surface area contributed by atoms with Gasteiger partial charge in [-0.05, 0) is 51.3 Å². The highest BCUT2D eigenvalue weighted by molar-refractivity contribution is 9.10. The lowest BCUT2D eigenvalue weighted by molar-refractivity contribution is 0.0490. The number of rotatable bonds is 6. The minimum atomic E-state index is -0.588. The molecule has 4 nitrogen and oxygen atoms in total. The van der Waals surface area contributed by atoms with Crippen molar-refractivity contribution >= 4 is 39.6 Å². The van der Waals surface area contributed by atoms with Gasteiger partial charge in [0.2, 0.25) is 0 Å². The van der Waals surface area contributed by atoms with Crippen LogP contribution in [0.15, 0.2) is 28.7 Å². The summed E-state index contributed by atoms with van der Waals surface area (Å²) in [5.41, 5.74) is -0.0141. The third-order valence-electron chi connectivity index (χ3n) is 2.75. The summed E-state index contributed by atoms with van der Waals surface area (Å²) < 4.78 is 6.14. The van der Waals surface area contributed by atoms with Gasteiger partial charge in [0.05, 0.1) is 6.04 Å². The van der Waals surface area contributed by atoms with E-state index < -0.39 is 17.7 Å². The standard InChI is InChI=1S/C16H22BrNO3S/c1-16(2,3)21-15(20)18-13(9-10-22-4)14(19)11-5-7-12(17)8-6-11/h5-8,13H,9-10H2,1-4H3,(H,18,20)/t13-/m0/s1. The number of ether oxygens (including phenoxy) is 1. The van der Waals surface area contributed by atoms with Crippen molar-refractivity contribution in [3.05, 3.63) is 34.3 Å². The Bertz CT molecular complexity index is 511. The van der Waals surface area contributed by atoms with Crippen LogP contribution in [0.25, 0.3) is 0 Å². The molecule has 0 spiro atoms. The quantitative estimate of drug-likeness (QED) is 0.740. The molecule has 1 N–H and O–H groups in total. The molecule has 0 bridgehead atoms. The van der Waals surface area contributed by atoms with Gasteiger partial charge in [0.15, 0.2) is 5.78 Å². The molecule has 0 aliphatic rings. The molecular formula is C16H22BrNO3S. The minimum absolute atomic E-state index is 0.104. The second kappa shape index (κ2) is 8.58. The zero-order valence-corrected chi connectivity index (χ0v) is 15.7. The molecular weight excluding hydrogens is 366 g/mol. The van der Waals surface area contributed by atoms with Gasteiger partial charge in [0.25, 0.3) is 0 Å². The maximum Gasteiger partial charge on any atom is 0.408 e. The van der Waals surface area contributed by atoms with Crippen LogP contribution in [-0.4, -0.2) is 35.5 Å². The average molecular weight is 388 g/mol. The second-order valence-electron chi connectivity index (χ2n) is 5.85. The van der Waals surface area contributed by atoms with Crippen molar-refractivity contribution in [1.29, 1.82) is 0 Å². The monoisotopic (exact) mass is 387 g/mol. The SMILES string of the molecule is CSCC[C@H](NC(=O)OC(C)(C)C)C(=O)c1ccc(Br)cc1. The molecule has 1 aromatic carbocycles. The summed E-state index contributed by atoms with van der Waals surface area (Å²) in [6.45, 7) is 5.38. The number of carbonyl (C=O) groups is 2. The molecule has 0 aliphatic heterocycles. The molecule has 1 atom stereocenters. The van der Waals surface area contributed by atoms with Gasteiger partial charge in [-0.1, -0.05) is 28.1 Å². The Hall–Kier alpha value is -1.01. The Morgan fingerprint density at radius 3 is 2.36 bits per heavy atom. The predicted octanol–water partition coefficient (Wildman–Crippen LogP) is 4.28. The van der Waals surface area contributed by atoms with Gasteiger partial charge < -0.3 is 10.1 Å². The molecule has 1 rings (SSSR count). The van der Waals surface area contributed by atoms with E-state index in [1.54, 1.807) is 44.7 Å². The van der Waals surface area contributed by atoms with Gasteiger partial charge in [0, 0.05) is 10.0 Å². The summed E-state index contributed by atoms with van der Waals surface area (Å²) in [4.78, 5) is 24.5. The highest BCUT2D eigenvalue weighted by Gasteiger charge is 2.24. The third kappa shape index (κ3) is 6.83. The summed E-state index contributed by atoms with van der Waals surface area (Å²) in [6.07, 6.45) is 1.97. The fourth-order valence-electron chi connectivity index (χ4n) is 1.77. The smallest absolute Gasteiger partial charge is 0.408 e. The number of hydrogen-bond donors (Lipinski definition) is 1. The van der Waals surface area contributed by atoms with Crippen LogP contribution in [0, 0.1) is 0 Å². The maximum atomic E-state index is 12.6. The molecule has 0 heterocycles. The third-order valence-corrected chi connectivity index (χ3v) is 3.92. The van der Waals surface area contributed by atoms with E-state index in [1.165, 1.54) is 0 Å². The van der Waals surface area contributed by atoms with Crippen molar-refractivity contribution in [2.75, 3.05) is 12.0 Å². The molecule has 22 heavy (non-hydrogen) atoms. The molecule has 0 aromatic heterocycles. The Balaban J connectivity index is 2.80. The number of alkyl carbamates (subject to hydrolysis) is 1. The van der Waals surface area contributed by atoms with E-state index in [4.69, 9.17) is 4.74 Å². The zero-order chi connectivity index (χ0) is 16.8. The Labute approximate surface area is 144 Å². The van der Waals surface area contributed by atoms with Crippen molar-refractivity contribution in [3.8, 4) is 0 Å². The van der Waals surface area contributed by atoms with E-state index in [0.29, 0.717) is 12.0 Å². The minimum Gasteiger partial charge on any atom is -0.444 e. The Morgan fingerprint density at radius 1 is 1.27 bits per heavy atom. The number of ketones is 1. The number of benzene rings is 1. The normalized spacial score (nSPS) is 12.6. The van der Waals surface area contributed by atoms with Gasteiger partial charge in [-0.3, -0.25) is 4.79 Å². The number of hydrogen-bond acceptors (Lipinski definition) is 4. The van der Waals surface area contributed by atoms with Gasteiger partial charge >= 0.3 is 6.09 Å². The first kappa shape index (κ1) is 19.0. The fourth-order valence-corrected chi connectivity index (χ4v) is 2.51. The molecule has 1 amide bonds. The van der Waals surface area contributed by atoms with Crippen molar-refractivity contribution in [3.63, 3.8) is 0 Å². The first-order valence-electron chi connectivity index (χ1n) is 7.01. The van der Waals surface area contributed by atoms with Gasteiger partial charge in [-0.2, -0.15) is 11.8 Å². The lowest BCUT2D eigenvalue weighted by Crippen LogP contribution is -2.43. The lowest BCUT2D eigenvalue weighted by Gasteiger charge is -2.23. The molecule has 0 saturated heterocycles. The van der Waals surface area contributed by atoms with E-state index in [-0.39, 0.29) is 5.78 Å². The van der Waals surface area contributed by atoms with Crippen LogP contribution in [0.5, 0.6) is 0 Å². The number of thioether (sulfide) groups is 1. The fraction of sp³-hybridized carbons (Fsp3) is 0.500. The van der Waals surface area contributed by atoms with Crippen molar-refractivity contribution in [2.45, 2.75) is 38.8 Å². The second-order valence-corrected chi connectivity index (χ2v) is 7.75. The summed E-state index contributed by atoms with van der Waals surface area (Å²) in [6, 6.07) is 6.53. The van der Waals surface area contributed by atoms with Crippen LogP contribution in [0.2, 0.25) is 0 Å². The van der Waals surface area contributed by atoms with E-state index in [1.807, 2.05) is 18.4 Å². The molecule has 0 radical (unpaired) electrons. The van der Waals surface area contributed by atoms with Gasteiger partial charge in [-0.25, -0.2) is 4.79 Å². The van der Waals surface area contributed by atoms with Crippen LogP contribution < -0.4 is 5.32 Å². The van der Waals surface area contributed by atoms with Crippen LogP contribution in [-0.2, 0) is 4.74 Å². The van der Waals surface area contributed by atoms with E-state index in [9.17, 15) is 9.59 Å². The van der Waals surface area contributed by atoms with Crippen LogP contribution >= 0.6 is 27.7 Å². The Kier molecular flexibility index (Phi) is 7.42. The highest BCUT2D eigenvalue weighted by Crippen LogP contribution is 2.15. The summed E-state index contributed by atoms with van der Waals surface area (Å²) >= 11 is 4.98. The van der Waals surface area contributed by atoms with Crippen molar-refractivity contribution in [1.82, 2.24) is 5.32 Å². The number of nitrogens with one attached hydrogen (secondary N) is 1. The summed E-state index contributed by atoms with van der Waals surface area (Å²) in [5, 5.41) is 2.69. The number of amides is 1. The number of halogens is 1.